The zero-order valence-corrected chi connectivity index (χ0v) is 11.5. The normalized spacial score (nSPS) is 25.5. The number of rotatable bonds is 8. The number of nitrogens with zero attached hydrogens (tertiary/aromatic N) is 1. The molecule has 0 radical (unpaired) electrons. The van der Waals surface area contributed by atoms with Gasteiger partial charge in [-0.2, -0.15) is 0 Å². The molecular formula is C14H30N2. The summed E-state index contributed by atoms with van der Waals surface area (Å²) in [6.07, 6.45) is 6.95. The van der Waals surface area contributed by atoms with Gasteiger partial charge >= 0.3 is 0 Å². The highest BCUT2D eigenvalue weighted by molar-refractivity contribution is 4.82. The predicted octanol–water partition coefficient (Wildman–Crippen LogP) is 2.89. The fourth-order valence-corrected chi connectivity index (χ4v) is 2.92. The molecule has 0 saturated heterocycles. The van der Waals surface area contributed by atoms with E-state index in [1.807, 2.05) is 0 Å². The van der Waals surface area contributed by atoms with Gasteiger partial charge in [0.2, 0.25) is 0 Å². The number of hydrogen-bond acceptors (Lipinski definition) is 2. The zero-order valence-electron chi connectivity index (χ0n) is 11.5. The van der Waals surface area contributed by atoms with Crippen LogP contribution in [0.1, 0.15) is 52.9 Å². The Bertz CT molecular complexity index is 166. The van der Waals surface area contributed by atoms with Crippen LogP contribution in [0.25, 0.3) is 0 Å². The van der Waals surface area contributed by atoms with Crippen LogP contribution in [-0.4, -0.2) is 37.1 Å². The summed E-state index contributed by atoms with van der Waals surface area (Å²) >= 11 is 0. The van der Waals surface area contributed by atoms with Crippen molar-refractivity contribution in [1.82, 2.24) is 10.2 Å². The highest BCUT2D eigenvalue weighted by Gasteiger charge is 2.24. The molecule has 1 N–H and O–H groups in total. The van der Waals surface area contributed by atoms with E-state index in [4.69, 9.17) is 0 Å². The van der Waals surface area contributed by atoms with Crippen molar-refractivity contribution in [2.75, 3.05) is 26.2 Å². The van der Waals surface area contributed by atoms with Gasteiger partial charge in [-0.1, -0.05) is 33.6 Å². The molecule has 2 nitrogen and oxygen atoms in total. The minimum absolute atomic E-state index is 0.821. The second kappa shape index (κ2) is 8.08. The molecule has 0 aromatic heterocycles. The van der Waals surface area contributed by atoms with Crippen molar-refractivity contribution in [2.45, 2.75) is 58.9 Å². The van der Waals surface area contributed by atoms with Gasteiger partial charge in [-0.25, -0.2) is 0 Å². The Morgan fingerprint density at radius 3 is 2.50 bits per heavy atom. The van der Waals surface area contributed by atoms with E-state index < -0.39 is 0 Å². The molecule has 2 atom stereocenters. The molecule has 0 heterocycles. The fraction of sp³-hybridized carbons (Fsp3) is 1.00. The van der Waals surface area contributed by atoms with Crippen LogP contribution in [0.4, 0.5) is 0 Å². The van der Waals surface area contributed by atoms with Crippen LogP contribution in [0, 0.1) is 5.92 Å². The van der Waals surface area contributed by atoms with Gasteiger partial charge in [0, 0.05) is 6.04 Å². The molecule has 0 aliphatic heterocycles. The van der Waals surface area contributed by atoms with Gasteiger partial charge in [0.1, 0.15) is 0 Å². The van der Waals surface area contributed by atoms with Gasteiger partial charge < -0.3 is 10.2 Å². The Kier molecular flexibility index (Phi) is 7.06. The maximum absolute atomic E-state index is 3.76. The summed E-state index contributed by atoms with van der Waals surface area (Å²) in [6.45, 7) is 11.7. The molecule has 0 amide bonds. The lowest BCUT2D eigenvalue weighted by atomic mass is 10.0. The standard InChI is InChI=1S/C14H30N2/c1-4-13-9-7-10-14(13)15-11-8-12-16(5-2)6-3/h13-15H,4-12H2,1-3H3. The fourth-order valence-electron chi connectivity index (χ4n) is 2.92. The first-order chi connectivity index (χ1) is 7.81. The average molecular weight is 226 g/mol. The van der Waals surface area contributed by atoms with E-state index in [0.29, 0.717) is 0 Å². The Morgan fingerprint density at radius 2 is 1.88 bits per heavy atom. The van der Waals surface area contributed by atoms with E-state index in [2.05, 4.69) is 31.0 Å². The van der Waals surface area contributed by atoms with Crippen molar-refractivity contribution in [3.63, 3.8) is 0 Å². The lowest BCUT2D eigenvalue weighted by molar-refractivity contribution is 0.291. The lowest BCUT2D eigenvalue weighted by Crippen LogP contribution is -2.34. The molecule has 2 heteroatoms. The molecule has 1 saturated carbocycles. The van der Waals surface area contributed by atoms with Crippen molar-refractivity contribution in [2.24, 2.45) is 5.92 Å². The SMILES string of the molecule is CCC1CCCC1NCCCN(CC)CC. The first-order valence-electron chi connectivity index (χ1n) is 7.27. The van der Waals surface area contributed by atoms with Gasteiger partial charge in [0.05, 0.1) is 0 Å². The highest BCUT2D eigenvalue weighted by atomic mass is 15.1. The minimum Gasteiger partial charge on any atom is -0.314 e. The third-order valence-electron chi connectivity index (χ3n) is 4.14. The third-order valence-corrected chi connectivity index (χ3v) is 4.14. The van der Waals surface area contributed by atoms with Gasteiger partial charge in [0.25, 0.3) is 0 Å². The summed E-state index contributed by atoms with van der Waals surface area (Å²) in [5.41, 5.74) is 0. The van der Waals surface area contributed by atoms with E-state index in [1.54, 1.807) is 0 Å². The summed E-state index contributed by atoms with van der Waals surface area (Å²) in [5, 5.41) is 3.76. The quantitative estimate of drug-likeness (QED) is 0.640. The second-order valence-corrected chi connectivity index (χ2v) is 5.04. The van der Waals surface area contributed by atoms with E-state index >= 15 is 0 Å². The molecule has 0 aromatic carbocycles. The molecule has 0 spiro atoms. The van der Waals surface area contributed by atoms with Crippen LogP contribution in [0.15, 0.2) is 0 Å². The molecule has 0 bridgehead atoms. The number of hydrogen-bond donors (Lipinski definition) is 1. The molecule has 2 unspecified atom stereocenters. The Morgan fingerprint density at radius 1 is 1.12 bits per heavy atom. The molecule has 0 aromatic rings. The van der Waals surface area contributed by atoms with Crippen LogP contribution in [0.2, 0.25) is 0 Å². The smallest absolute Gasteiger partial charge is 0.00952 e. The van der Waals surface area contributed by atoms with Crippen molar-refractivity contribution < 1.29 is 0 Å². The average Bonchev–Trinajstić information content (AvgIpc) is 2.77. The maximum Gasteiger partial charge on any atom is 0.00952 e. The van der Waals surface area contributed by atoms with Crippen molar-refractivity contribution in [1.29, 1.82) is 0 Å². The molecule has 16 heavy (non-hydrogen) atoms. The van der Waals surface area contributed by atoms with E-state index in [-0.39, 0.29) is 0 Å². The van der Waals surface area contributed by atoms with Crippen LogP contribution in [0.5, 0.6) is 0 Å². The molecule has 96 valence electrons. The summed E-state index contributed by atoms with van der Waals surface area (Å²) in [6, 6.07) is 0.821. The summed E-state index contributed by atoms with van der Waals surface area (Å²) in [4.78, 5) is 2.51. The van der Waals surface area contributed by atoms with Gasteiger partial charge in [-0.05, 0) is 51.4 Å². The summed E-state index contributed by atoms with van der Waals surface area (Å²) in [7, 11) is 0. The van der Waals surface area contributed by atoms with Crippen LogP contribution in [0.3, 0.4) is 0 Å². The zero-order chi connectivity index (χ0) is 11.8. The molecular weight excluding hydrogens is 196 g/mol. The van der Waals surface area contributed by atoms with Gasteiger partial charge in [-0.15, -0.1) is 0 Å². The monoisotopic (exact) mass is 226 g/mol. The maximum atomic E-state index is 3.76. The number of nitrogens with one attached hydrogen (secondary N) is 1. The van der Waals surface area contributed by atoms with Gasteiger partial charge in [-0.3, -0.25) is 0 Å². The molecule has 1 fully saturated rings. The van der Waals surface area contributed by atoms with E-state index in [0.717, 1.165) is 12.0 Å². The molecule has 1 aliphatic carbocycles. The minimum atomic E-state index is 0.821. The van der Waals surface area contributed by atoms with Crippen LogP contribution >= 0.6 is 0 Å². The summed E-state index contributed by atoms with van der Waals surface area (Å²) in [5.74, 6) is 0.952. The third kappa shape index (κ3) is 4.42. The Hall–Kier alpha value is -0.0800. The lowest BCUT2D eigenvalue weighted by Gasteiger charge is -2.21. The predicted molar refractivity (Wildman–Crippen MR) is 71.8 cm³/mol. The van der Waals surface area contributed by atoms with E-state index in [1.165, 1.54) is 58.3 Å². The molecule has 1 rings (SSSR count). The topological polar surface area (TPSA) is 15.3 Å². The van der Waals surface area contributed by atoms with Gasteiger partial charge in [0.15, 0.2) is 0 Å². The van der Waals surface area contributed by atoms with Crippen LogP contribution < -0.4 is 5.32 Å². The van der Waals surface area contributed by atoms with E-state index in [9.17, 15) is 0 Å². The Balaban J connectivity index is 2.06. The van der Waals surface area contributed by atoms with Crippen molar-refractivity contribution >= 4 is 0 Å². The second-order valence-electron chi connectivity index (χ2n) is 5.04. The van der Waals surface area contributed by atoms with Crippen LogP contribution in [-0.2, 0) is 0 Å². The first kappa shape index (κ1) is 14.0. The molecule has 1 aliphatic rings. The van der Waals surface area contributed by atoms with Crippen molar-refractivity contribution in [3.8, 4) is 0 Å². The first-order valence-corrected chi connectivity index (χ1v) is 7.27. The highest BCUT2D eigenvalue weighted by Crippen LogP contribution is 2.27. The van der Waals surface area contributed by atoms with Crippen molar-refractivity contribution in [3.05, 3.63) is 0 Å². The summed E-state index contributed by atoms with van der Waals surface area (Å²) < 4.78 is 0. The Labute approximate surface area is 102 Å². The largest absolute Gasteiger partial charge is 0.314 e.